The highest BCUT2D eigenvalue weighted by molar-refractivity contribution is 6.22. The van der Waals surface area contributed by atoms with Crippen LogP contribution in [0.5, 0.6) is 5.75 Å². The molecule has 1 saturated heterocycles. The second-order valence-corrected chi connectivity index (χ2v) is 5.90. The molecule has 1 aromatic carbocycles. The lowest BCUT2D eigenvalue weighted by Crippen LogP contribution is -2.42. The van der Waals surface area contributed by atoms with Crippen LogP contribution in [0.15, 0.2) is 24.3 Å². The van der Waals surface area contributed by atoms with Gasteiger partial charge in [-0.3, -0.25) is 9.59 Å². The third-order valence-corrected chi connectivity index (χ3v) is 4.34. The monoisotopic (exact) mass is 302 g/mol. The number of rotatable bonds is 5. The van der Waals surface area contributed by atoms with E-state index in [9.17, 15) is 9.59 Å². The fraction of sp³-hybridized carbons (Fsp3) is 0.529. The third kappa shape index (κ3) is 2.99. The van der Waals surface area contributed by atoms with Gasteiger partial charge < -0.3 is 10.1 Å². The molecule has 0 spiro atoms. The summed E-state index contributed by atoms with van der Waals surface area (Å²) in [6, 6.07) is 7.11. The average molecular weight is 302 g/mol. The Hall–Kier alpha value is -1.88. The summed E-state index contributed by atoms with van der Waals surface area (Å²) >= 11 is 0. The lowest BCUT2D eigenvalue weighted by atomic mass is 10.2. The average Bonchev–Trinajstić information content (AvgIpc) is 3.10. The fourth-order valence-corrected chi connectivity index (χ4v) is 3.27. The SMILES string of the molecule is CCOc1ccc(N2C(=O)C[C@H](NC3CCCC3)C2=O)cc1. The van der Waals surface area contributed by atoms with Crippen LogP contribution in [-0.4, -0.2) is 30.5 Å². The second kappa shape index (κ2) is 6.48. The summed E-state index contributed by atoms with van der Waals surface area (Å²) in [6.45, 7) is 2.51. The highest BCUT2D eigenvalue weighted by Crippen LogP contribution is 2.27. The van der Waals surface area contributed by atoms with Crippen LogP contribution in [0.3, 0.4) is 0 Å². The summed E-state index contributed by atoms with van der Waals surface area (Å²) in [7, 11) is 0. The first-order valence-corrected chi connectivity index (χ1v) is 8.04. The molecule has 1 aromatic rings. The maximum absolute atomic E-state index is 12.5. The van der Waals surface area contributed by atoms with Gasteiger partial charge in [-0.1, -0.05) is 12.8 Å². The van der Waals surface area contributed by atoms with E-state index >= 15 is 0 Å². The first-order chi connectivity index (χ1) is 10.7. The number of ether oxygens (including phenoxy) is 1. The summed E-state index contributed by atoms with van der Waals surface area (Å²) in [4.78, 5) is 26.0. The Labute approximate surface area is 130 Å². The molecule has 2 fully saturated rings. The number of amides is 2. The van der Waals surface area contributed by atoms with Crippen molar-refractivity contribution in [1.82, 2.24) is 5.32 Å². The highest BCUT2D eigenvalue weighted by atomic mass is 16.5. The van der Waals surface area contributed by atoms with Crippen molar-refractivity contribution >= 4 is 17.5 Å². The van der Waals surface area contributed by atoms with Gasteiger partial charge in [-0.15, -0.1) is 0 Å². The van der Waals surface area contributed by atoms with Gasteiger partial charge in [0.25, 0.3) is 5.91 Å². The third-order valence-electron chi connectivity index (χ3n) is 4.34. The number of carbonyl (C=O) groups excluding carboxylic acids is 2. The maximum Gasteiger partial charge on any atom is 0.251 e. The molecule has 1 atom stereocenters. The van der Waals surface area contributed by atoms with Crippen LogP contribution in [0.2, 0.25) is 0 Å². The van der Waals surface area contributed by atoms with E-state index < -0.39 is 0 Å². The standard InChI is InChI=1S/C17H22N2O3/c1-2-22-14-9-7-13(8-10-14)19-16(20)11-15(17(19)21)18-12-5-3-4-6-12/h7-10,12,15,18H,2-6,11H2,1H3/t15-/m0/s1. The molecule has 0 aromatic heterocycles. The van der Waals surface area contributed by atoms with E-state index in [0.29, 0.717) is 18.3 Å². The zero-order valence-electron chi connectivity index (χ0n) is 12.9. The van der Waals surface area contributed by atoms with E-state index in [1.165, 1.54) is 17.7 Å². The number of hydrogen-bond donors (Lipinski definition) is 1. The quantitative estimate of drug-likeness (QED) is 0.848. The lowest BCUT2D eigenvalue weighted by molar-refractivity contribution is -0.121. The summed E-state index contributed by atoms with van der Waals surface area (Å²) in [6.07, 6.45) is 4.86. The van der Waals surface area contributed by atoms with Crippen molar-refractivity contribution in [3.8, 4) is 5.75 Å². The van der Waals surface area contributed by atoms with Crippen LogP contribution in [0.1, 0.15) is 39.0 Å². The number of hydrogen-bond acceptors (Lipinski definition) is 4. The molecular weight excluding hydrogens is 280 g/mol. The molecule has 1 heterocycles. The minimum Gasteiger partial charge on any atom is -0.494 e. The number of nitrogens with zero attached hydrogens (tertiary/aromatic N) is 1. The molecule has 1 aliphatic carbocycles. The van der Waals surface area contributed by atoms with E-state index in [4.69, 9.17) is 4.74 Å². The van der Waals surface area contributed by atoms with Crippen LogP contribution in [0.4, 0.5) is 5.69 Å². The lowest BCUT2D eigenvalue weighted by Gasteiger charge is -2.18. The number of anilines is 1. The van der Waals surface area contributed by atoms with Crippen molar-refractivity contribution in [1.29, 1.82) is 0 Å². The van der Waals surface area contributed by atoms with Crippen molar-refractivity contribution in [2.24, 2.45) is 0 Å². The molecule has 22 heavy (non-hydrogen) atoms. The first-order valence-electron chi connectivity index (χ1n) is 8.04. The van der Waals surface area contributed by atoms with Gasteiger partial charge in [-0.2, -0.15) is 0 Å². The number of benzene rings is 1. The zero-order chi connectivity index (χ0) is 15.5. The summed E-state index contributed by atoms with van der Waals surface area (Å²) in [5.41, 5.74) is 0.620. The van der Waals surface area contributed by atoms with Gasteiger partial charge >= 0.3 is 0 Å². The van der Waals surface area contributed by atoms with Crippen molar-refractivity contribution in [3.63, 3.8) is 0 Å². The molecule has 1 N–H and O–H groups in total. The van der Waals surface area contributed by atoms with Crippen LogP contribution in [0.25, 0.3) is 0 Å². The summed E-state index contributed by atoms with van der Waals surface area (Å²) in [5, 5.41) is 3.35. The Morgan fingerprint density at radius 1 is 1.18 bits per heavy atom. The minimum absolute atomic E-state index is 0.135. The molecule has 2 aliphatic rings. The van der Waals surface area contributed by atoms with Crippen LogP contribution < -0.4 is 15.0 Å². The largest absolute Gasteiger partial charge is 0.494 e. The highest BCUT2D eigenvalue weighted by Gasteiger charge is 2.40. The van der Waals surface area contributed by atoms with Crippen LogP contribution >= 0.6 is 0 Å². The molecule has 2 amide bonds. The molecule has 5 nitrogen and oxygen atoms in total. The molecule has 3 rings (SSSR count). The number of carbonyl (C=O) groups is 2. The Morgan fingerprint density at radius 3 is 2.50 bits per heavy atom. The first kappa shape index (κ1) is 15.0. The molecule has 0 unspecified atom stereocenters. The predicted octanol–water partition coefficient (Wildman–Crippen LogP) is 2.25. The number of nitrogens with one attached hydrogen (secondary N) is 1. The van der Waals surface area contributed by atoms with E-state index in [1.54, 1.807) is 24.3 Å². The van der Waals surface area contributed by atoms with E-state index in [-0.39, 0.29) is 24.3 Å². The second-order valence-electron chi connectivity index (χ2n) is 5.90. The van der Waals surface area contributed by atoms with Gasteiger partial charge in [0.15, 0.2) is 0 Å². The fourth-order valence-electron chi connectivity index (χ4n) is 3.27. The predicted molar refractivity (Wildman–Crippen MR) is 83.9 cm³/mol. The van der Waals surface area contributed by atoms with Crippen molar-refractivity contribution < 1.29 is 14.3 Å². The zero-order valence-corrected chi connectivity index (χ0v) is 12.9. The van der Waals surface area contributed by atoms with E-state index in [1.807, 2.05) is 6.92 Å². The van der Waals surface area contributed by atoms with E-state index in [0.717, 1.165) is 18.6 Å². The summed E-state index contributed by atoms with van der Waals surface area (Å²) < 4.78 is 5.39. The van der Waals surface area contributed by atoms with Crippen molar-refractivity contribution in [2.45, 2.75) is 51.1 Å². The molecule has 1 saturated carbocycles. The van der Waals surface area contributed by atoms with Gasteiger partial charge in [0, 0.05) is 6.04 Å². The molecule has 5 heteroatoms. The van der Waals surface area contributed by atoms with Gasteiger partial charge in [-0.05, 0) is 44.0 Å². The van der Waals surface area contributed by atoms with Gasteiger partial charge in [0.05, 0.1) is 24.8 Å². The molecule has 118 valence electrons. The van der Waals surface area contributed by atoms with Gasteiger partial charge in [0.2, 0.25) is 5.91 Å². The molecular formula is C17H22N2O3. The number of imide groups is 1. The maximum atomic E-state index is 12.5. The Morgan fingerprint density at radius 2 is 1.86 bits per heavy atom. The van der Waals surface area contributed by atoms with E-state index in [2.05, 4.69) is 5.32 Å². The van der Waals surface area contributed by atoms with Crippen LogP contribution in [0, 0.1) is 0 Å². The Balaban J connectivity index is 1.70. The van der Waals surface area contributed by atoms with Gasteiger partial charge in [-0.25, -0.2) is 4.90 Å². The minimum atomic E-state index is -0.373. The van der Waals surface area contributed by atoms with Crippen molar-refractivity contribution in [3.05, 3.63) is 24.3 Å². The molecule has 0 radical (unpaired) electrons. The topological polar surface area (TPSA) is 58.6 Å². The Bertz CT molecular complexity index is 550. The van der Waals surface area contributed by atoms with Crippen molar-refractivity contribution in [2.75, 3.05) is 11.5 Å². The van der Waals surface area contributed by atoms with Crippen LogP contribution in [-0.2, 0) is 9.59 Å². The molecule has 1 aliphatic heterocycles. The van der Waals surface area contributed by atoms with Gasteiger partial charge in [0.1, 0.15) is 5.75 Å². The molecule has 0 bridgehead atoms. The Kier molecular flexibility index (Phi) is 4.43. The smallest absolute Gasteiger partial charge is 0.251 e. The summed E-state index contributed by atoms with van der Waals surface area (Å²) in [5.74, 6) is 0.469. The normalized spacial score (nSPS) is 22.6.